The number of rotatable bonds is 6. The van der Waals surface area contributed by atoms with Crippen molar-refractivity contribution >= 4 is 67.9 Å². The van der Waals surface area contributed by atoms with Crippen LogP contribution < -0.4 is 15.1 Å². The van der Waals surface area contributed by atoms with Crippen LogP contribution in [-0.4, -0.2) is 68.9 Å². The Morgan fingerprint density at radius 1 is 1.15 bits per heavy atom. The van der Waals surface area contributed by atoms with Crippen molar-refractivity contribution in [2.75, 3.05) is 62.1 Å². The highest BCUT2D eigenvalue weighted by Crippen LogP contribution is 2.33. The lowest BCUT2D eigenvalue weighted by Crippen LogP contribution is -2.36. The molecule has 3 amide bonds. The van der Waals surface area contributed by atoms with Crippen molar-refractivity contribution in [3.05, 3.63) is 57.4 Å². The normalized spacial score (nSPS) is 17.4. The van der Waals surface area contributed by atoms with Crippen LogP contribution in [0.4, 0.5) is 21.9 Å². The van der Waals surface area contributed by atoms with Gasteiger partial charge < -0.3 is 19.9 Å². The monoisotopic (exact) mass is 544 g/mol. The molecule has 1 N–H and O–H groups in total. The molecule has 0 saturated carbocycles. The first kappa shape index (κ1) is 24.3. The first-order valence-electron chi connectivity index (χ1n) is 10.8. The number of amides is 3. The number of nitrogens with zero attached hydrogens (tertiary/aromatic N) is 3. The molecule has 8 nitrogen and oxygen atoms in total. The summed E-state index contributed by atoms with van der Waals surface area (Å²) < 4.78 is 6.25. The highest BCUT2D eigenvalue weighted by atomic mass is 79.9. The molecule has 0 atom stereocenters. The van der Waals surface area contributed by atoms with E-state index >= 15 is 0 Å². The van der Waals surface area contributed by atoms with E-state index in [2.05, 4.69) is 26.1 Å². The average Bonchev–Trinajstić information content (AvgIpc) is 3.07. The predicted octanol–water partition coefficient (Wildman–Crippen LogP) is 4.03. The van der Waals surface area contributed by atoms with Crippen molar-refractivity contribution in [2.45, 2.75) is 0 Å². The summed E-state index contributed by atoms with van der Waals surface area (Å²) in [5, 5.41) is 2.30. The third-order valence-corrected chi connectivity index (χ3v) is 7.00. The van der Waals surface area contributed by atoms with E-state index in [-0.39, 0.29) is 11.4 Å². The Morgan fingerprint density at radius 3 is 2.50 bits per heavy atom. The van der Waals surface area contributed by atoms with Crippen LogP contribution in [-0.2, 0) is 14.3 Å². The summed E-state index contributed by atoms with van der Waals surface area (Å²) in [7, 11) is 3.88. The van der Waals surface area contributed by atoms with Gasteiger partial charge in [-0.1, -0.05) is 6.07 Å². The van der Waals surface area contributed by atoms with Gasteiger partial charge in [-0.15, -0.1) is 0 Å². The second kappa shape index (κ2) is 10.6. The first-order valence-corrected chi connectivity index (χ1v) is 12.4. The van der Waals surface area contributed by atoms with Crippen LogP contribution in [0, 0.1) is 0 Å². The number of ether oxygens (including phenoxy) is 1. The van der Waals surface area contributed by atoms with Crippen LogP contribution in [0.15, 0.2) is 51.8 Å². The maximum absolute atomic E-state index is 12.8. The molecular formula is C24H25BrN4O4S. The Balaban J connectivity index is 1.37. The molecule has 0 spiro atoms. The van der Waals surface area contributed by atoms with E-state index in [9.17, 15) is 14.4 Å². The van der Waals surface area contributed by atoms with Crippen molar-refractivity contribution in [1.29, 1.82) is 0 Å². The van der Waals surface area contributed by atoms with Gasteiger partial charge in [0.05, 0.1) is 23.8 Å². The Morgan fingerprint density at radius 2 is 1.85 bits per heavy atom. The number of halogens is 1. The van der Waals surface area contributed by atoms with E-state index < -0.39 is 17.1 Å². The Kier molecular flexibility index (Phi) is 7.60. The third kappa shape index (κ3) is 5.63. The van der Waals surface area contributed by atoms with Gasteiger partial charge in [0.15, 0.2) is 0 Å². The summed E-state index contributed by atoms with van der Waals surface area (Å²) in [5.41, 5.74) is 3.45. The summed E-state index contributed by atoms with van der Waals surface area (Å²) in [6, 6.07) is 13.2. The number of morpholine rings is 1. The van der Waals surface area contributed by atoms with Crippen molar-refractivity contribution in [3.8, 4) is 0 Å². The molecule has 10 heteroatoms. The van der Waals surface area contributed by atoms with Crippen molar-refractivity contribution in [3.63, 3.8) is 0 Å². The van der Waals surface area contributed by atoms with Gasteiger partial charge >= 0.3 is 0 Å². The number of imide groups is 1. The van der Waals surface area contributed by atoms with Crippen LogP contribution in [0.2, 0.25) is 0 Å². The van der Waals surface area contributed by atoms with E-state index in [0.29, 0.717) is 18.9 Å². The lowest BCUT2D eigenvalue weighted by Gasteiger charge is -2.28. The zero-order chi connectivity index (χ0) is 24.2. The number of hydrogen-bond donors (Lipinski definition) is 1. The predicted molar refractivity (Wildman–Crippen MR) is 139 cm³/mol. The highest BCUT2D eigenvalue weighted by molar-refractivity contribution is 9.10. The molecule has 0 radical (unpaired) electrons. The Hall–Kier alpha value is -2.82. The molecule has 0 aliphatic carbocycles. The topological polar surface area (TPSA) is 82.2 Å². The van der Waals surface area contributed by atoms with E-state index in [4.69, 9.17) is 4.74 Å². The highest BCUT2D eigenvalue weighted by Gasteiger charge is 2.36. The van der Waals surface area contributed by atoms with E-state index in [1.54, 1.807) is 6.08 Å². The molecule has 2 heterocycles. The number of hydrogen-bond acceptors (Lipinski definition) is 7. The Labute approximate surface area is 211 Å². The van der Waals surface area contributed by atoms with Gasteiger partial charge in [0.1, 0.15) is 6.54 Å². The van der Waals surface area contributed by atoms with Gasteiger partial charge in [-0.05, 0) is 75.7 Å². The molecule has 0 aromatic heterocycles. The summed E-state index contributed by atoms with van der Waals surface area (Å²) >= 11 is 4.36. The van der Waals surface area contributed by atoms with E-state index in [0.717, 1.165) is 51.2 Å². The van der Waals surface area contributed by atoms with Crippen LogP contribution in [0.1, 0.15) is 5.56 Å². The zero-order valence-corrected chi connectivity index (χ0v) is 21.3. The number of carbonyl (C=O) groups excluding carboxylic acids is 3. The lowest BCUT2D eigenvalue weighted by atomic mass is 10.2. The molecule has 2 aliphatic rings. The number of thioether (sulfide) groups is 1. The SMILES string of the molecule is CN(C)c1ccc(/C=C2\SC(=O)N(CC(=O)Nc3ccc(N4CCOCC4)cc3)C2=O)cc1Br. The van der Waals surface area contributed by atoms with Crippen molar-refractivity contribution in [2.24, 2.45) is 0 Å². The molecule has 178 valence electrons. The fourth-order valence-electron chi connectivity index (χ4n) is 3.68. The maximum Gasteiger partial charge on any atom is 0.294 e. The Bertz CT molecular complexity index is 1130. The largest absolute Gasteiger partial charge is 0.378 e. The van der Waals surface area contributed by atoms with Crippen LogP contribution in [0.25, 0.3) is 6.08 Å². The molecule has 2 saturated heterocycles. The summed E-state index contributed by atoms with van der Waals surface area (Å²) in [5.74, 6) is -0.902. The van der Waals surface area contributed by atoms with Gasteiger partial charge in [-0.3, -0.25) is 19.3 Å². The molecule has 34 heavy (non-hydrogen) atoms. The molecule has 0 unspecified atom stereocenters. The molecule has 0 bridgehead atoms. The minimum absolute atomic E-state index is 0.289. The van der Waals surface area contributed by atoms with Crippen molar-refractivity contribution < 1.29 is 19.1 Å². The average molecular weight is 545 g/mol. The minimum atomic E-state index is -0.472. The molecule has 2 fully saturated rings. The van der Waals surface area contributed by atoms with Gasteiger partial charge in [-0.25, -0.2) is 0 Å². The second-order valence-electron chi connectivity index (χ2n) is 8.07. The third-order valence-electron chi connectivity index (χ3n) is 5.45. The summed E-state index contributed by atoms with van der Waals surface area (Å²) in [6.45, 7) is 2.72. The van der Waals surface area contributed by atoms with Gasteiger partial charge in [0.2, 0.25) is 5.91 Å². The molecular weight excluding hydrogens is 520 g/mol. The van der Waals surface area contributed by atoms with Crippen molar-refractivity contribution in [1.82, 2.24) is 4.90 Å². The quantitative estimate of drug-likeness (QED) is 0.549. The van der Waals surface area contributed by atoms with E-state index in [1.807, 2.05) is 61.5 Å². The zero-order valence-electron chi connectivity index (χ0n) is 18.9. The first-order chi connectivity index (χ1) is 16.3. The van der Waals surface area contributed by atoms with Gasteiger partial charge in [0.25, 0.3) is 11.1 Å². The fourth-order valence-corrected chi connectivity index (χ4v) is 5.27. The lowest BCUT2D eigenvalue weighted by molar-refractivity contribution is -0.127. The number of nitrogens with one attached hydrogen (secondary N) is 1. The van der Waals surface area contributed by atoms with Crippen LogP contribution in [0.3, 0.4) is 0 Å². The summed E-state index contributed by atoms with van der Waals surface area (Å²) in [4.78, 5) is 43.2. The van der Waals surface area contributed by atoms with E-state index in [1.165, 1.54) is 0 Å². The number of benzene rings is 2. The number of anilines is 3. The molecule has 2 aromatic rings. The van der Waals surface area contributed by atoms with Gasteiger partial charge in [0, 0.05) is 43.0 Å². The minimum Gasteiger partial charge on any atom is -0.378 e. The molecule has 4 rings (SSSR count). The standard InChI is InChI=1S/C24H25BrN4O4S/c1-27(2)20-8-3-16(13-19(20)25)14-21-23(31)29(24(32)34-21)15-22(30)26-17-4-6-18(7-5-17)28-9-11-33-12-10-28/h3-8,13-14H,9-12,15H2,1-2H3,(H,26,30)/b21-14-. The molecule has 2 aromatic carbocycles. The fraction of sp³-hybridized carbons (Fsp3) is 0.292. The van der Waals surface area contributed by atoms with Crippen LogP contribution >= 0.6 is 27.7 Å². The number of carbonyl (C=O) groups is 3. The second-order valence-corrected chi connectivity index (χ2v) is 9.92. The molecule has 2 aliphatic heterocycles. The van der Waals surface area contributed by atoms with Crippen LogP contribution in [0.5, 0.6) is 0 Å². The maximum atomic E-state index is 12.8. The smallest absolute Gasteiger partial charge is 0.294 e. The summed E-state index contributed by atoms with van der Waals surface area (Å²) in [6.07, 6.45) is 1.66. The van der Waals surface area contributed by atoms with Gasteiger partial charge in [-0.2, -0.15) is 0 Å².